The van der Waals surface area contributed by atoms with E-state index in [9.17, 15) is 0 Å². The van der Waals surface area contributed by atoms with Gasteiger partial charge in [0.25, 0.3) is 0 Å². The Morgan fingerprint density at radius 1 is 1.40 bits per heavy atom. The lowest BCUT2D eigenvalue weighted by Gasteiger charge is -1.95. The number of terminal acetylenes is 1. The summed E-state index contributed by atoms with van der Waals surface area (Å²) in [6, 6.07) is 7.59. The van der Waals surface area contributed by atoms with Crippen molar-refractivity contribution in [3.8, 4) is 12.3 Å². The quantitative estimate of drug-likeness (QED) is 0.540. The van der Waals surface area contributed by atoms with E-state index < -0.39 is 0 Å². The Labute approximate surface area is 65.8 Å². The number of halogens is 1. The molecule has 1 aromatic rings. The molecule has 0 bridgehead atoms. The molecule has 50 valence electrons. The molecule has 0 saturated heterocycles. The molecule has 0 fully saturated rings. The van der Waals surface area contributed by atoms with Gasteiger partial charge in [0.05, 0.1) is 0 Å². The van der Waals surface area contributed by atoms with E-state index in [2.05, 4.69) is 5.92 Å². The molecule has 0 aliphatic heterocycles. The van der Waals surface area contributed by atoms with Gasteiger partial charge in [-0.1, -0.05) is 29.8 Å². The minimum absolute atomic E-state index is 0.611. The standard InChI is InChI=1S/C9H7Cl/c1-2-5-8-6-3-4-7-9(8)10/h1,3-4,6-7H,5H2. The smallest absolute Gasteiger partial charge is 0.0447 e. The van der Waals surface area contributed by atoms with Gasteiger partial charge >= 0.3 is 0 Å². The van der Waals surface area contributed by atoms with Crippen LogP contribution in [0, 0.1) is 12.3 Å². The zero-order chi connectivity index (χ0) is 7.40. The summed E-state index contributed by atoms with van der Waals surface area (Å²) in [5, 5.41) is 0.750. The maximum absolute atomic E-state index is 5.81. The number of benzene rings is 1. The normalized spacial score (nSPS) is 8.80. The first-order chi connectivity index (χ1) is 4.84. The predicted molar refractivity (Wildman–Crippen MR) is 44.0 cm³/mol. The summed E-state index contributed by atoms with van der Waals surface area (Å²) in [5.74, 6) is 2.54. The second-order valence-corrected chi connectivity index (χ2v) is 2.38. The molecule has 1 rings (SSSR count). The number of hydrogen-bond donors (Lipinski definition) is 0. The molecule has 0 atom stereocenters. The lowest BCUT2D eigenvalue weighted by molar-refractivity contribution is 1.32. The Balaban J connectivity index is 2.94. The molecular formula is C9H7Cl. The van der Waals surface area contributed by atoms with E-state index in [-0.39, 0.29) is 0 Å². The van der Waals surface area contributed by atoms with Crippen LogP contribution in [0.15, 0.2) is 24.3 Å². The van der Waals surface area contributed by atoms with Crippen molar-refractivity contribution in [2.45, 2.75) is 6.42 Å². The molecule has 1 aromatic carbocycles. The molecule has 0 N–H and O–H groups in total. The van der Waals surface area contributed by atoms with Gasteiger partial charge in [-0.05, 0) is 11.6 Å². The van der Waals surface area contributed by atoms with Crippen molar-refractivity contribution in [2.24, 2.45) is 0 Å². The fraction of sp³-hybridized carbons (Fsp3) is 0.111. The predicted octanol–water partition coefficient (Wildman–Crippen LogP) is 2.52. The van der Waals surface area contributed by atoms with Gasteiger partial charge in [-0.25, -0.2) is 0 Å². The van der Waals surface area contributed by atoms with Gasteiger partial charge in [-0.15, -0.1) is 12.3 Å². The second-order valence-electron chi connectivity index (χ2n) is 1.97. The van der Waals surface area contributed by atoms with Gasteiger partial charge in [0, 0.05) is 11.4 Å². The largest absolute Gasteiger partial charge is 0.120 e. The molecular weight excluding hydrogens is 144 g/mol. The molecule has 0 unspecified atom stereocenters. The maximum atomic E-state index is 5.81. The molecule has 0 amide bonds. The highest BCUT2D eigenvalue weighted by Crippen LogP contribution is 2.14. The lowest BCUT2D eigenvalue weighted by atomic mass is 10.2. The zero-order valence-corrected chi connectivity index (χ0v) is 6.23. The molecule has 0 heterocycles. The van der Waals surface area contributed by atoms with E-state index in [1.807, 2.05) is 24.3 Å². The summed E-state index contributed by atoms with van der Waals surface area (Å²) < 4.78 is 0. The van der Waals surface area contributed by atoms with Crippen molar-refractivity contribution in [2.75, 3.05) is 0 Å². The first kappa shape index (κ1) is 7.18. The summed E-state index contributed by atoms with van der Waals surface area (Å²) in [4.78, 5) is 0. The second kappa shape index (κ2) is 3.29. The number of hydrogen-bond acceptors (Lipinski definition) is 0. The number of rotatable bonds is 1. The van der Waals surface area contributed by atoms with E-state index in [1.54, 1.807) is 0 Å². The Morgan fingerprint density at radius 2 is 2.10 bits per heavy atom. The van der Waals surface area contributed by atoms with Gasteiger partial charge in [-0.2, -0.15) is 0 Å². The first-order valence-corrected chi connectivity index (χ1v) is 3.39. The van der Waals surface area contributed by atoms with Crippen LogP contribution in [0.3, 0.4) is 0 Å². The molecule has 1 heteroatoms. The minimum atomic E-state index is 0.611. The van der Waals surface area contributed by atoms with Crippen molar-refractivity contribution in [1.29, 1.82) is 0 Å². The maximum Gasteiger partial charge on any atom is 0.0447 e. The third-order valence-electron chi connectivity index (χ3n) is 1.25. The van der Waals surface area contributed by atoms with Crippen LogP contribution < -0.4 is 0 Å². The van der Waals surface area contributed by atoms with Gasteiger partial charge in [0.2, 0.25) is 0 Å². The molecule has 0 spiro atoms. The molecule has 0 saturated carbocycles. The average molecular weight is 151 g/mol. The Morgan fingerprint density at radius 3 is 2.70 bits per heavy atom. The summed E-state index contributed by atoms with van der Waals surface area (Å²) in [5.41, 5.74) is 1.02. The highest BCUT2D eigenvalue weighted by molar-refractivity contribution is 6.31. The molecule has 0 aromatic heterocycles. The van der Waals surface area contributed by atoms with E-state index in [0.29, 0.717) is 6.42 Å². The van der Waals surface area contributed by atoms with E-state index in [4.69, 9.17) is 18.0 Å². The van der Waals surface area contributed by atoms with Crippen molar-refractivity contribution >= 4 is 11.6 Å². The van der Waals surface area contributed by atoms with Crippen LogP contribution in [0.2, 0.25) is 5.02 Å². The minimum Gasteiger partial charge on any atom is -0.120 e. The fourth-order valence-corrected chi connectivity index (χ4v) is 0.954. The van der Waals surface area contributed by atoms with Crippen molar-refractivity contribution in [3.63, 3.8) is 0 Å². The molecule has 0 aliphatic carbocycles. The molecule has 0 aliphatic rings. The van der Waals surface area contributed by atoms with Crippen LogP contribution in [-0.4, -0.2) is 0 Å². The van der Waals surface area contributed by atoms with Crippen LogP contribution >= 0.6 is 11.6 Å². The fourth-order valence-electron chi connectivity index (χ4n) is 0.752. The zero-order valence-electron chi connectivity index (χ0n) is 5.47. The van der Waals surface area contributed by atoms with Gasteiger partial charge in [0.15, 0.2) is 0 Å². The van der Waals surface area contributed by atoms with Gasteiger partial charge in [0.1, 0.15) is 0 Å². The summed E-state index contributed by atoms with van der Waals surface area (Å²) in [7, 11) is 0. The van der Waals surface area contributed by atoms with Crippen molar-refractivity contribution in [3.05, 3.63) is 34.9 Å². The Kier molecular flexibility index (Phi) is 2.36. The van der Waals surface area contributed by atoms with Crippen LogP contribution in [-0.2, 0) is 6.42 Å². The first-order valence-electron chi connectivity index (χ1n) is 3.01. The average Bonchev–Trinajstić information content (AvgIpc) is 1.94. The summed E-state index contributed by atoms with van der Waals surface area (Å²) in [6.45, 7) is 0. The van der Waals surface area contributed by atoms with E-state index in [0.717, 1.165) is 10.6 Å². The highest BCUT2D eigenvalue weighted by Gasteiger charge is 1.93. The van der Waals surface area contributed by atoms with E-state index in [1.165, 1.54) is 0 Å². The monoisotopic (exact) mass is 150 g/mol. The van der Waals surface area contributed by atoms with Crippen LogP contribution in [0.4, 0.5) is 0 Å². The Bertz CT molecular complexity index is 258. The van der Waals surface area contributed by atoms with Gasteiger partial charge in [-0.3, -0.25) is 0 Å². The summed E-state index contributed by atoms with van der Waals surface area (Å²) >= 11 is 5.81. The SMILES string of the molecule is C#CCc1ccccc1Cl. The highest BCUT2D eigenvalue weighted by atomic mass is 35.5. The molecule has 0 radical (unpaired) electrons. The van der Waals surface area contributed by atoms with Crippen molar-refractivity contribution < 1.29 is 0 Å². The van der Waals surface area contributed by atoms with Crippen LogP contribution in [0.5, 0.6) is 0 Å². The van der Waals surface area contributed by atoms with E-state index >= 15 is 0 Å². The van der Waals surface area contributed by atoms with Crippen molar-refractivity contribution in [1.82, 2.24) is 0 Å². The van der Waals surface area contributed by atoms with Crippen LogP contribution in [0.25, 0.3) is 0 Å². The third-order valence-corrected chi connectivity index (χ3v) is 1.62. The summed E-state index contributed by atoms with van der Waals surface area (Å²) in [6.07, 6.45) is 5.73. The topological polar surface area (TPSA) is 0 Å². The molecule has 10 heavy (non-hydrogen) atoms. The third kappa shape index (κ3) is 1.52. The van der Waals surface area contributed by atoms with Gasteiger partial charge < -0.3 is 0 Å². The molecule has 0 nitrogen and oxygen atoms in total. The lowest BCUT2D eigenvalue weighted by Crippen LogP contribution is -1.80. The Hall–Kier alpha value is -0.930. The van der Waals surface area contributed by atoms with Crippen LogP contribution in [0.1, 0.15) is 5.56 Å².